The maximum atomic E-state index is 14.3. The summed E-state index contributed by atoms with van der Waals surface area (Å²) in [6.45, 7) is 8.09. The van der Waals surface area contributed by atoms with Crippen molar-refractivity contribution in [3.8, 4) is 0 Å². The number of nitrogens with one attached hydrogen (secondary N) is 4. The van der Waals surface area contributed by atoms with Crippen molar-refractivity contribution in [1.82, 2.24) is 50.4 Å². The van der Waals surface area contributed by atoms with Gasteiger partial charge in [0.25, 0.3) is 5.56 Å². The first-order chi connectivity index (χ1) is 27.2. The van der Waals surface area contributed by atoms with Crippen molar-refractivity contribution in [2.75, 3.05) is 45.9 Å². The number of piperidine rings is 3. The largest absolute Gasteiger partial charge is 0.460 e. The van der Waals surface area contributed by atoms with Gasteiger partial charge in [-0.25, -0.2) is 9.59 Å². The summed E-state index contributed by atoms with van der Waals surface area (Å²) in [5.41, 5.74) is 4.45. The third-order valence-corrected chi connectivity index (χ3v) is 12.0. The molecule has 6 heterocycles. The van der Waals surface area contributed by atoms with E-state index in [0.29, 0.717) is 51.5 Å². The monoisotopic (exact) mass is 762 g/mol. The second kappa shape index (κ2) is 16.3. The number of hydrogen-bond acceptors (Lipinski definition) is 9. The highest BCUT2D eigenvalue weighted by atomic mass is 16.5. The summed E-state index contributed by atoms with van der Waals surface area (Å²) in [4.78, 5) is 65.5. The fraction of sp³-hybridized carbons (Fsp3) is 0.488. The highest BCUT2D eigenvalue weighted by Gasteiger charge is 2.35. The van der Waals surface area contributed by atoms with E-state index in [4.69, 9.17) is 4.74 Å². The van der Waals surface area contributed by atoms with Crippen LogP contribution in [0.3, 0.4) is 0 Å². The Morgan fingerprint density at radius 1 is 0.875 bits per heavy atom. The van der Waals surface area contributed by atoms with Crippen molar-refractivity contribution in [1.29, 1.82) is 0 Å². The summed E-state index contributed by atoms with van der Waals surface area (Å²) in [6, 6.07) is 13.2. The standard InChI is InChI=1S/C41H50N10O5/c1-3-56-40(54)37-45-36(47-48-37)28-10-14-49(15-11-28)31-12-18-50(19-13-31)39(53)34(22-26-20-25(2)35-30(21-26)24-42-46-35)44-41(55)51-16-8-27(9-17-51)32-23-29-6-4-5-7-33(29)43-38(32)52/h4-7,20-21,23-24,27-28,31,34H,3,8-19,22H2,1-2H3,(H,42,46)(H,43,52)(H,44,55)(H,45,47,48)/t34-/m1/s1. The number of ether oxygens (including phenoxy) is 1. The van der Waals surface area contributed by atoms with Crippen molar-refractivity contribution in [2.24, 2.45) is 0 Å². The molecule has 3 aromatic heterocycles. The molecule has 56 heavy (non-hydrogen) atoms. The van der Waals surface area contributed by atoms with Crippen molar-refractivity contribution in [2.45, 2.75) is 82.7 Å². The summed E-state index contributed by atoms with van der Waals surface area (Å²) >= 11 is 0. The molecule has 0 aliphatic carbocycles. The van der Waals surface area contributed by atoms with Crippen molar-refractivity contribution < 1.29 is 19.1 Å². The number of likely N-dealkylation sites (tertiary alicyclic amines) is 3. The molecule has 0 unspecified atom stereocenters. The van der Waals surface area contributed by atoms with Gasteiger partial charge < -0.3 is 34.7 Å². The van der Waals surface area contributed by atoms with E-state index in [-0.39, 0.29) is 41.8 Å². The van der Waals surface area contributed by atoms with Crippen molar-refractivity contribution in [3.05, 3.63) is 87.4 Å². The number of aromatic amines is 3. The van der Waals surface area contributed by atoms with Crippen LogP contribution < -0.4 is 10.9 Å². The van der Waals surface area contributed by atoms with E-state index in [9.17, 15) is 19.2 Å². The average Bonchev–Trinajstić information content (AvgIpc) is 3.92. The summed E-state index contributed by atoms with van der Waals surface area (Å²) in [6.07, 6.45) is 7.00. The van der Waals surface area contributed by atoms with Gasteiger partial charge in [-0.15, -0.1) is 10.2 Å². The number of rotatable bonds is 9. The third kappa shape index (κ3) is 7.90. The Morgan fingerprint density at radius 2 is 1.61 bits per heavy atom. The summed E-state index contributed by atoms with van der Waals surface area (Å²) in [5.74, 6) is 0.566. The molecule has 3 fully saturated rings. The molecule has 15 nitrogen and oxygen atoms in total. The molecular weight excluding hydrogens is 713 g/mol. The van der Waals surface area contributed by atoms with E-state index >= 15 is 0 Å². The minimum Gasteiger partial charge on any atom is -0.460 e. The minimum absolute atomic E-state index is 0.0490. The van der Waals surface area contributed by atoms with Crippen LogP contribution in [0.4, 0.5) is 4.79 Å². The predicted octanol–water partition coefficient (Wildman–Crippen LogP) is 4.38. The van der Waals surface area contributed by atoms with E-state index in [1.807, 2.05) is 48.2 Å². The number of fused-ring (bicyclic) bond motifs is 2. The second-order valence-corrected chi connectivity index (χ2v) is 15.5. The fourth-order valence-electron chi connectivity index (χ4n) is 8.93. The molecule has 294 valence electrons. The Balaban J connectivity index is 0.894. The molecule has 0 radical (unpaired) electrons. The number of carbonyl (C=O) groups excluding carboxylic acids is 3. The molecule has 0 bridgehead atoms. The van der Waals surface area contributed by atoms with E-state index in [1.165, 1.54) is 0 Å². The molecule has 3 aliphatic rings. The van der Waals surface area contributed by atoms with E-state index in [2.05, 4.69) is 46.6 Å². The molecule has 3 saturated heterocycles. The molecule has 2 aromatic carbocycles. The van der Waals surface area contributed by atoms with Crippen LogP contribution in [-0.2, 0) is 16.0 Å². The highest BCUT2D eigenvalue weighted by molar-refractivity contribution is 5.88. The summed E-state index contributed by atoms with van der Waals surface area (Å²) < 4.78 is 5.04. The van der Waals surface area contributed by atoms with E-state index in [1.54, 1.807) is 18.0 Å². The highest BCUT2D eigenvalue weighted by Crippen LogP contribution is 2.30. The van der Waals surface area contributed by atoms with Crippen molar-refractivity contribution >= 4 is 39.7 Å². The van der Waals surface area contributed by atoms with Gasteiger partial charge >= 0.3 is 12.0 Å². The van der Waals surface area contributed by atoms with E-state index in [0.717, 1.165) is 83.1 Å². The average molecular weight is 763 g/mol. The number of aryl methyl sites for hydroxylation is 1. The Bertz CT molecular complexity index is 2260. The van der Waals surface area contributed by atoms with Crippen LogP contribution in [0.1, 0.15) is 90.4 Å². The normalized spacial score (nSPS) is 18.4. The third-order valence-electron chi connectivity index (χ3n) is 12.0. The number of hydrogen-bond donors (Lipinski definition) is 4. The number of H-pyrrole nitrogens is 3. The molecule has 4 N–H and O–H groups in total. The lowest BCUT2D eigenvalue weighted by atomic mass is 9.89. The number of amides is 3. The van der Waals surface area contributed by atoms with Gasteiger partial charge in [-0.05, 0) is 106 Å². The van der Waals surface area contributed by atoms with Gasteiger partial charge in [-0.1, -0.05) is 24.3 Å². The Labute approximate surface area is 324 Å². The number of esters is 1. The lowest BCUT2D eigenvalue weighted by molar-refractivity contribution is -0.135. The van der Waals surface area contributed by atoms with Crippen LogP contribution in [0.5, 0.6) is 0 Å². The molecule has 0 saturated carbocycles. The minimum atomic E-state index is -0.735. The fourth-order valence-corrected chi connectivity index (χ4v) is 8.93. The zero-order valence-electron chi connectivity index (χ0n) is 32.1. The number of para-hydroxylation sites is 1. The first kappa shape index (κ1) is 37.4. The molecule has 15 heteroatoms. The van der Waals surface area contributed by atoms with Gasteiger partial charge in [-0.2, -0.15) is 5.10 Å². The van der Waals surface area contributed by atoms with Crippen molar-refractivity contribution in [3.63, 3.8) is 0 Å². The van der Waals surface area contributed by atoms with Crippen LogP contribution in [0, 0.1) is 6.92 Å². The maximum Gasteiger partial charge on any atom is 0.376 e. The van der Waals surface area contributed by atoms with Crippen LogP contribution in [-0.4, -0.2) is 121 Å². The van der Waals surface area contributed by atoms with Crippen LogP contribution in [0.15, 0.2) is 53.5 Å². The summed E-state index contributed by atoms with van der Waals surface area (Å²) in [7, 11) is 0. The first-order valence-electron chi connectivity index (χ1n) is 20.0. The number of aromatic nitrogens is 6. The zero-order valence-corrected chi connectivity index (χ0v) is 32.1. The maximum absolute atomic E-state index is 14.3. The van der Waals surface area contributed by atoms with Crippen LogP contribution >= 0.6 is 0 Å². The van der Waals surface area contributed by atoms with Gasteiger partial charge in [0, 0.05) is 61.0 Å². The SMILES string of the molecule is CCOC(=O)c1nnc(C2CCN(C3CCN(C(=O)[C@@H](Cc4cc(C)c5[nH]ncc5c4)NC(=O)N4CCC(c5cc6ccccc6[nH]c5=O)CC4)CC3)CC2)[nH]1. The molecule has 3 amide bonds. The molecule has 5 aromatic rings. The molecular formula is C41H50N10O5. The van der Waals surface area contributed by atoms with Crippen LogP contribution in [0.2, 0.25) is 0 Å². The quantitative estimate of drug-likeness (QED) is 0.158. The van der Waals surface area contributed by atoms with Gasteiger partial charge in [-0.3, -0.25) is 14.7 Å². The number of pyridine rings is 1. The second-order valence-electron chi connectivity index (χ2n) is 15.5. The van der Waals surface area contributed by atoms with Gasteiger partial charge in [0.15, 0.2) is 0 Å². The van der Waals surface area contributed by atoms with Gasteiger partial charge in [0.2, 0.25) is 11.7 Å². The summed E-state index contributed by atoms with van der Waals surface area (Å²) in [5, 5.41) is 20.6. The van der Waals surface area contributed by atoms with Crippen LogP contribution in [0.25, 0.3) is 21.8 Å². The lowest BCUT2D eigenvalue weighted by Gasteiger charge is -2.42. The smallest absolute Gasteiger partial charge is 0.376 e. The predicted molar refractivity (Wildman–Crippen MR) is 210 cm³/mol. The molecule has 3 aliphatic heterocycles. The zero-order chi connectivity index (χ0) is 38.8. The first-order valence-corrected chi connectivity index (χ1v) is 20.0. The van der Waals surface area contributed by atoms with Gasteiger partial charge in [0.1, 0.15) is 11.9 Å². The Kier molecular flexibility index (Phi) is 10.9. The topological polar surface area (TPSA) is 185 Å². The Morgan fingerprint density at radius 3 is 2.38 bits per heavy atom. The molecule has 1 atom stereocenters. The van der Waals surface area contributed by atoms with Gasteiger partial charge in [0.05, 0.1) is 18.3 Å². The number of nitrogens with zero attached hydrogens (tertiary/aromatic N) is 6. The number of urea groups is 1. The number of carbonyl (C=O) groups is 3. The molecule has 8 rings (SSSR count). The lowest BCUT2D eigenvalue weighted by Crippen LogP contribution is -2.56. The number of benzene rings is 2. The van der Waals surface area contributed by atoms with E-state index < -0.39 is 12.0 Å². The Hall–Kier alpha value is -5.57. The molecule has 0 spiro atoms.